The standard InChI is InChI=1S/C18H20F2N2O4/c1-2-25-18(24)4-3-9-21-16(23)7-8-17-22-11-15(26-17)13-6-5-12(19)10-14(13)20/h5-6,10-11H,2-4,7-9H2,1H3,(H,21,23). The summed E-state index contributed by atoms with van der Waals surface area (Å²) in [6, 6.07) is 3.16. The van der Waals surface area contributed by atoms with Crippen LogP contribution in [0.25, 0.3) is 11.3 Å². The van der Waals surface area contributed by atoms with Gasteiger partial charge in [-0.1, -0.05) is 0 Å². The number of ether oxygens (including phenoxy) is 1. The van der Waals surface area contributed by atoms with E-state index in [9.17, 15) is 18.4 Å². The van der Waals surface area contributed by atoms with Gasteiger partial charge >= 0.3 is 5.97 Å². The van der Waals surface area contributed by atoms with Crippen molar-refractivity contribution in [2.24, 2.45) is 0 Å². The molecule has 1 heterocycles. The Labute approximate surface area is 149 Å². The van der Waals surface area contributed by atoms with Crippen molar-refractivity contribution >= 4 is 11.9 Å². The van der Waals surface area contributed by atoms with Gasteiger partial charge in [-0.2, -0.15) is 0 Å². The van der Waals surface area contributed by atoms with Gasteiger partial charge in [0.1, 0.15) is 11.6 Å². The quantitative estimate of drug-likeness (QED) is 0.545. The molecule has 2 aromatic rings. The van der Waals surface area contributed by atoms with Crippen LogP contribution in [0.1, 0.15) is 32.1 Å². The van der Waals surface area contributed by atoms with Gasteiger partial charge in [-0.15, -0.1) is 0 Å². The van der Waals surface area contributed by atoms with Crippen LogP contribution in [0.2, 0.25) is 0 Å². The van der Waals surface area contributed by atoms with Crippen molar-refractivity contribution in [3.8, 4) is 11.3 Å². The largest absolute Gasteiger partial charge is 0.466 e. The van der Waals surface area contributed by atoms with Gasteiger partial charge in [-0.25, -0.2) is 13.8 Å². The number of halogens is 2. The average Bonchev–Trinajstić information content (AvgIpc) is 3.06. The van der Waals surface area contributed by atoms with Crippen LogP contribution in [0.3, 0.4) is 0 Å². The van der Waals surface area contributed by atoms with Gasteiger partial charge < -0.3 is 14.5 Å². The lowest BCUT2D eigenvalue weighted by atomic mass is 10.2. The maximum Gasteiger partial charge on any atom is 0.305 e. The summed E-state index contributed by atoms with van der Waals surface area (Å²) in [7, 11) is 0. The number of carbonyl (C=O) groups excluding carboxylic acids is 2. The smallest absolute Gasteiger partial charge is 0.305 e. The van der Waals surface area contributed by atoms with Crippen molar-refractivity contribution in [2.75, 3.05) is 13.2 Å². The van der Waals surface area contributed by atoms with Crippen LogP contribution in [0, 0.1) is 11.6 Å². The maximum atomic E-state index is 13.7. The molecule has 0 aliphatic rings. The zero-order valence-electron chi connectivity index (χ0n) is 14.4. The molecule has 2 rings (SSSR count). The minimum atomic E-state index is -0.743. The lowest BCUT2D eigenvalue weighted by Crippen LogP contribution is -2.25. The Bertz CT molecular complexity index is 761. The summed E-state index contributed by atoms with van der Waals surface area (Å²) < 4.78 is 36.8. The summed E-state index contributed by atoms with van der Waals surface area (Å²) in [4.78, 5) is 26.9. The first-order chi connectivity index (χ1) is 12.5. The summed E-state index contributed by atoms with van der Waals surface area (Å²) in [5.41, 5.74) is 0.105. The SMILES string of the molecule is CCOC(=O)CCCNC(=O)CCc1ncc(-c2ccc(F)cc2F)o1. The van der Waals surface area contributed by atoms with Crippen LogP contribution in [-0.2, 0) is 20.7 Å². The lowest BCUT2D eigenvalue weighted by molar-refractivity contribution is -0.143. The minimum Gasteiger partial charge on any atom is -0.466 e. The third-order valence-electron chi connectivity index (χ3n) is 3.50. The first-order valence-corrected chi connectivity index (χ1v) is 8.32. The van der Waals surface area contributed by atoms with Gasteiger partial charge in [-0.3, -0.25) is 9.59 Å². The lowest BCUT2D eigenvalue weighted by Gasteiger charge is -2.04. The summed E-state index contributed by atoms with van der Waals surface area (Å²) >= 11 is 0. The number of hydrogen-bond donors (Lipinski definition) is 1. The van der Waals surface area contributed by atoms with E-state index in [1.165, 1.54) is 12.3 Å². The number of benzene rings is 1. The van der Waals surface area contributed by atoms with Crippen molar-refractivity contribution < 1.29 is 27.5 Å². The molecular weight excluding hydrogens is 346 g/mol. The second-order valence-electron chi connectivity index (χ2n) is 5.50. The normalized spacial score (nSPS) is 10.6. The Balaban J connectivity index is 1.75. The average molecular weight is 366 g/mol. The fourth-order valence-corrected chi connectivity index (χ4v) is 2.24. The topological polar surface area (TPSA) is 81.4 Å². The highest BCUT2D eigenvalue weighted by molar-refractivity contribution is 5.76. The summed E-state index contributed by atoms with van der Waals surface area (Å²) in [6.45, 7) is 2.44. The second kappa shape index (κ2) is 9.65. The molecule has 0 aliphatic carbocycles. The Hall–Kier alpha value is -2.77. The van der Waals surface area contributed by atoms with Crippen LogP contribution >= 0.6 is 0 Å². The van der Waals surface area contributed by atoms with Crippen molar-refractivity contribution in [1.29, 1.82) is 0 Å². The molecule has 0 saturated heterocycles. The van der Waals surface area contributed by atoms with E-state index in [0.29, 0.717) is 19.6 Å². The number of nitrogens with zero attached hydrogens (tertiary/aromatic N) is 1. The molecule has 140 valence electrons. The monoisotopic (exact) mass is 366 g/mol. The van der Waals surface area contributed by atoms with E-state index in [1.807, 2.05) is 0 Å². The van der Waals surface area contributed by atoms with E-state index in [1.54, 1.807) is 6.92 Å². The molecule has 0 aliphatic heterocycles. The number of carbonyl (C=O) groups is 2. The number of rotatable bonds is 9. The van der Waals surface area contributed by atoms with Gasteiger partial charge in [-0.05, 0) is 25.5 Å². The first kappa shape index (κ1) is 19.6. The number of hydrogen-bond acceptors (Lipinski definition) is 5. The molecule has 0 saturated carbocycles. The van der Waals surface area contributed by atoms with Crippen LogP contribution in [-0.4, -0.2) is 30.0 Å². The van der Waals surface area contributed by atoms with Crippen molar-refractivity contribution in [3.05, 3.63) is 41.9 Å². The molecule has 1 N–H and O–H groups in total. The molecule has 0 bridgehead atoms. The number of aromatic nitrogens is 1. The van der Waals surface area contributed by atoms with Gasteiger partial charge in [0, 0.05) is 31.9 Å². The highest BCUT2D eigenvalue weighted by Gasteiger charge is 2.13. The van der Waals surface area contributed by atoms with Crippen molar-refractivity contribution in [2.45, 2.75) is 32.6 Å². The zero-order chi connectivity index (χ0) is 18.9. The van der Waals surface area contributed by atoms with Gasteiger partial charge in [0.15, 0.2) is 11.7 Å². The van der Waals surface area contributed by atoms with E-state index in [4.69, 9.17) is 9.15 Å². The highest BCUT2D eigenvalue weighted by Crippen LogP contribution is 2.24. The molecule has 0 atom stereocenters. The van der Waals surface area contributed by atoms with E-state index < -0.39 is 11.6 Å². The molecule has 1 aromatic carbocycles. The zero-order valence-corrected chi connectivity index (χ0v) is 14.4. The van der Waals surface area contributed by atoms with E-state index in [0.717, 1.165) is 12.1 Å². The van der Waals surface area contributed by atoms with Crippen LogP contribution < -0.4 is 5.32 Å². The van der Waals surface area contributed by atoms with E-state index in [-0.39, 0.29) is 48.4 Å². The predicted octanol–water partition coefficient (Wildman–Crippen LogP) is 3.01. The fourth-order valence-electron chi connectivity index (χ4n) is 2.24. The Morgan fingerprint density at radius 2 is 2.08 bits per heavy atom. The fraction of sp³-hybridized carbons (Fsp3) is 0.389. The summed E-state index contributed by atoms with van der Waals surface area (Å²) in [5.74, 6) is -1.46. The molecule has 0 fully saturated rings. The molecule has 8 heteroatoms. The van der Waals surface area contributed by atoms with Crippen LogP contribution in [0.15, 0.2) is 28.8 Å². The molecule has 0 unspecified atom stereocenters. The third-order valence-corrected chi connectivity index (χ3v) is 3.50. The Morgan fingerprint density at radius 1 is 1.27 bits per heavy atom. The Kier molecular flexibility index (Phi) is 7.25. The molecule has 1 aromatic heterocycles. The highest BCUT2D eigenvalue weighted by atomic mass is 19.1. The molecule has 26 heavy (non-hydrogen) atoms. The molecule has 1 amide bonds. The number of esters is 1. The van der Waals surface area contributed by atoms with E-state index >= 15 is 0 Å². The predicted molar refractivity (Wildman–Crippen MR) is 89.1 cm³/mol. The van der Waals surface area contributed by atoms with E-state index in [2.05, 4.69) is 10.3 Å². The van der Waals surface area contributed by atoms with Crippen molar-refractivity contribution in [3.63, 3.8) is 0 Å². The number of nitrogens with one attached hydrogen (secondary N) is 1. The summed E-state index contributed by atoms with van der Waals surface area (Å²) in [5, 5.41) is 2.69. The van der Waals surface area contributed by atoms with Gasteiger partial charge in [0.2, 0.25) is 5.91 Å². The number of oxazole rings is 1. The second-order valence-corrected chi connectivity index (χ2v) is 5.50. The number of amides is 1. The van der Waals surface area contributed by atoms with Crippen LogP contribution in [0.4, 0.5) is 8.78 Å². The Morgan fingerprint density at radius 3 is 2.81 bits per heavy atom. The van der Waals surface area contributed by atoms with Gasteiger partial charge in [0.25, 0.3) is 0 Å². The van der Waals surface area contributed by atoms with Gasteiger partial charge in [0.05, 0.1) is 18.4 Å². The minimum absolute atomic E-state index is 0.105. The molecule has 6 nitrogen and oxygen atoms in total. The molecular formula is C18H20F2N2O4. The third kappa shape index (κ3) is 5.94. The molecule has 0 radical (unpaired) electrons. The van der Waals surface area contributed by atoms with Crippen molar-refractivity contribution in [1.82, 2.24) is 10.3 Å². The van der Waals surface area contributed by atoms with Crippen LogP contribution in [0.5, 0.6) is 0 Å². The maximum absolute atomic E-state index is 13.7. The first-order valence-electron chi connectivity index (χ1n) is 8.32. The summed E-state index contributed by atoms with van der Waals surface area (Å²) in [6.07, 6.45) is 2.47. The molecule has 0 spiro atoms. The number of aryl methyl sites for hydroxylation is 1.